The molecule has 2 rings (SSSR count). The summed E-state index contributed by atoms with van der Waals surface area (Å²) in [5.74, 6) is 0.702. The molecule has 0 aromatic heterocycles. The van der Waals surface area contributed by atoms with Crippen LogP contribution in [0, 0.1) is 11.3 Å². The van der Waals surface area contributed by atoms with Gasteiger partial charge in [0.25, 0.3) is 0 Å². The highest BCUT2D eigenvalue weighted by molar-refractivity contribution is 6.14. The third kappa shape index (κ3) is 3.32. The number of carbonyl (C=O) groups excluding carboxylic acids is 1. The largest absolute Gasteiger partial charge is 0.490 e. The van der Waals surface area contributed by atoms with Crippen molar-refractivity contribution in [3.05, 3.63) is 18.2 Å². The van der Waals surface area contributed by atoms with Gasteiger partial charge in [-0.1, -0.05) is 13.8 Å². The third-order valence-corrected chi connectivity index (χ3v) is 4.50. The van der Waals surface area contributed by atoms with Crippen molar-refractivity contribution in [2.45, 2.75) is 40.5 Å². The first-order chi connectivity index (χ1) is 11.4. The highest BCUT2D eigenvalue weighted by Gasteiger charge is 2.55. The Morgan fingerprint density at radius 3 is 2.21 bits per heavy atom. The number of hydrogen-bond acceptors (Lipinski definition) is 4. The summed E-state index contributed by atoms with van der Waals surface area (Å²) in [5, 5.41) is 9.60. The van der Waals surface area contributed by atoms with E-state index in [4.69, 9.17) is 9.47 Å². The smallest absolute Gasteiger partial charge is 0.418 e. The quantitative estimate of drug-likeness (QED) is 0.817. The number of anilines is 1. The zero-order valence-corrected chi connectivity index (χ0v) is 14.7. The Morgan fingerprint density at radius 1 is 1.17 bits per heavy atom. The SMILES string of the molecule is CCOc1ccc(N(C(=O)O)C(=O)C2(C(C)C)CC2)cc1OCC. The number of benzene rings is 1. The fourth-order valence-corrected chi connectivity index (χ4v) is 2.89. The Hall–Kier alpha value is -2.24. The van der Waals surface area contributed by atoms with Gasteiger partial charge in [0.15, 0.2) is 11.5 Å². The van der Waals surface area contributed by atoms with E-state index in [0.29, 0.717) is 24.7 Å². The van der Waals surface area contributed by atoms with Crippen LogP contribution in [-0.4, -0.2) is 30.3 Å². The van der Waals surface area contributed by atoms with Crippen molar-refractivity contribution in [3.63, 3.8) is 0 Å². The first-order valence-corrected chi connectivity index (χ1v) is 8.34. The Labute approximate surface area is 142 Å². The number of rotatable bonds is 7. The maximum Gasteiger partial charge on any atom is 0.418 e. The van der Waals surface area contributed by atoms with E-state index >= 15 is 0 Å². The van der Waals surface area contributed by atoms with Crippen molar-refractivity contribution in [1.29, 1.82) is 0 Å². The molecule has 6 heteroatoms. The van der Waals surface area contributed by atoms with Crippen LogP contribution in [0.3, 0.4) is 0 Å². The number of carboxylic acid groups (broad SMARTS) is 1. The molecule has 2 amide bonds. The van der Waals surface area contributed by atoms with Crippen molar-refractivity contribution in [3.8, 4) is 11.5 Å². The molecule has 0 radical (unpaired) electrons. The molecular formula is C18H25NO5. The summed E-state index contributed by atoms with van der Waals surface area (Å²) in [6, 6.07) is 4.77. The zero-order valence-electron chi connectivity index (χ0n) is 14.7. The van der Waals surface area contributed by atoms with Crippen LogP contribution in [0.1, 0.15) is 40.5 Å². The van der Waals surface area contributed by atoms with Gasteiger partial charge in [-0.05, 0) is 44.7 Å². The topological polar surface area (TPSA) is 76.1 Å². The Balaban J connectivity index is 2.40. The molecule has 132 valence electrons. The molecule has 0 atom stereocenters. The summed E-state index contributed by atoms with van der Waals surface area (Å²) in [4.78, 5) is 25.5. The molecule has 6 nitrogen and oxygen atoms in total. The minimum absolute atomic E-state index is 0.0981. The second-order valence-electron chi connectivity index (χ2n) is 6.23. The van der Waals surface area contributed by atoms with Gasteiger partial charge in [-0.25, -0.2) is 9.69 Å². The number of carbonyl (C=O) groups is 2. The molecule has 1 N–H and O–H groups in total. The van der Waals surface area contributed by atoms with E-state index in [0.717, 1.165) is 17.7 Å². The molecule has 1 aliphatic carbocycles. The third-order valence-electron chi connectivity index (χ3n) is 4.50. The highest BCUT2D eigenvalue weighted by atomic mass is 16.5. The van der Waals surface area contributed by atoms with Crippen LogP contribution in [0.25, 0.3) is 0 Å². The second-order valence-corrected chi connectivity index (χ2v) is 6.23. The van der Waals surface area contributed by atoms with Gasteiger partial charge < -0.3 is 14.6 Å². The number of amides is 2. The fraction of sp³-hybridized carbons (Fsp3) is 0.556. The van der Waals surface area contributed by atoms with Crippen molar-refractivity contribution in [2.75, 3.05) is 18.1 Å². The average molecular weight is 335 g/mol. The van der Waals surface area contributed by atoms with Crippen LogP contribution in [0.2, 0.25) is 0 Å². The number of nitrogens with zero attached hydrogens (tertiary/aromatic N) is 1. The van der Waals surface area contributed by atoms with E-state index in [-0.39, 0.29) is 17.5 Å². The van der Waals surface area contributed by atoms with Gasteiger partial charge in [0.1, 0.15) is 0 Å². The lowest BCUT2D eigenvalue weighted by atomic mass is 9.90. The van der Waals surface area contributed by atoms with Crippen molar-refractivity contribution in [1.82, 2.24) is 0 Å². The van der Waals surface area contributed by atoms with Crippen molar-refractivity contribution in [2.24, 2.45) is 11.3 Å². The van der Waals surface area contributed by atoms with Gasteiger partial charge in [0.05, 0.1) is 24.3 Å². The van der Waals surface area contributed by atoms with Gasteiger partial charge in [-0.2, -0.15) is 0 Å². The van der Waals surface area contributed by atoms with Crippen LogP contribution < -0.4 is 14.4 Å². The van der Waals surface area contributed by atoms with Gasteiger partial charge >= 0.3 is 6.09 Å². The molecule has 0 spiro atoms. The molecule has 0 heterocycles. The highest BCUT2D eigenvalue weighted by Crippen LogP contribution is 2.53. The maximum atomic E-state index is 12.9. The Kier molecular flexibility index (Phi) is 5.36. The average Bonchev–Trinajstić information content (AvgIpc) is 3.31. The van der Waals surface area contributed by atoms with Gasteiger partial charge in [0, 0.05) is 6.07 Å². The van der Waals surface area contributed by atoms with Crippen molar-refractivity contribution < 1.29 is 24.2 Å². The fourth-order valence-electron chi connectivity index (χ4n) is 2.89. The summed E-state index contributed by atoms with van der Waals surface area (Å²) in [5.41, 5.74) is -0.283. The number of imide groups is 1. The van der Waals surface area contributed by atoms with E-state index in [1.165, 1.54) is 0 Å². The zero-order chi connectivity index (χ0) is 17.9. The molecule has 1 aromatic rings. The summed E-state index contributed by atoms with van der Waals surface area (Å²) < 4.78 is 11.0. The molecule has 1 fully saturated rings. The van der Waals surface area contributed by atoms with Crippen LogP contribution in [0.15, 0.2) is 18.2 Å². The van der Waals surface area contributed by atoms with E-state index < -0.39 is 11.5 Å². The maximum absolute atomic E-state index is 12.9. The van der Waals surface area contributed by atoms with Gasteiger partial charge in [-0.15, -0.1) is 0 Å². The Bertz CT molecular complexity index is 622. The molecule has 0 aliphatic heterocycles. The molecule has 1 aromatic carbocycles. The molecule has 0 unspecified atom stereocenters. The van der Waals surface area contributed by atoms with E-state index in [1.54, 1.807) is 18.2 Å². The minimum atomic E-state index is -1.28. The first kappa shape index (κ1) is 18.1. The number of ether oxygens (including phenoxy) is 2. The van der Waals surface area contributed by atoms with Crippen molar-refractivity contribution >= 4 is 17.7 Å². The predicted molar refractivity (Wildman–Crippen MR) is 90.8 cm³/mol. The molecular weight excluding hydrogens is 310 g/mol. The molecule has 24 heavy (non-hydrogen) atoms. The second kappa shape index (κ2) is 7.11. The minimum Gasteiger partial charge on any atom is -0.490 e. The Morgan fingerprint density at radius 2 is 1.75 bits per heavy atom. The lowest BCUT2D eigenvalue weighted by molar-refractivity contribution is -0.124. The van der Waals surface area contributed by atoms with E-state index in [9.17, 15) is 14.7 Å². The summed E-state index contributed by atoms with van der Waals surface area (Å²) in [6.45, 7) is 8.48. The molecule has 1 aliphatic rings. The van der Waals surface area contributed by atoms with E-state index in [2.05, 4.69) is 0 Å². The van der Waals surface area contributed by atoms with E-state index in [1.807, 2.05) is 27.7 Å². The lowest BCUT2D eigenvalue weighted by Gasteiger charge is -2.26. The predicted octanol–water partition coefficient (Wildman–Crippen LogP) is 3.93. The first-order valence-electron chi connectivity index (χ1n) is 8.34. The number of hydrogen-bond donors (Lipinski definition) is 1. The van der Waals surface area contributed by atoms with Crippen LogP contribution in [-0.2, 0) is 4.79 Å². The monoisotopic (exact) mass is 335 g/mol. The van der Waals surface area contributed by atoms with Crippen LogP contribution >= 0.6 is 0 Å². The molecule has 0 bridgehead atoms. The molecule has 0 saturated heterocycles. The lowest BCUT2D eigenvalue weighted by Crippen LogP contribution is -2.43. The van der Waals surface area contributed by atoms with Crippen LogP contribution in [0.5, 0.6) is 11.5 Å². The summed E-state index contributed by atoms with van der Waals surface area (Å²) >= 11 is 0. The van der Waals surface area contributed by atoms with Gasteiger partial charge in [0.2, 0.25) is 5.91 Å². The normalized spacial score (nSPS) is 15.0. The van der Waals surface area contributed by atoms with Gasteiger partial charge in [-0.3, -0.25) is 4.79 Å². The summed E-state index contributed by atoms with van der Waals surface area (Å²) in [6.07, 6.45) is 0.171. The molecule has 1 saturated carbocycles. The van der Waals surface area contributed by atoms with Crippen LogP contribution in [0.4, 0.5) is 10.5 Å². The summed E-state index contributed by atoms with van der Waals surface area (Å²) in [7, 11) is 0. The standard InChI is InChI=1S/C18H25NO5/c1-5-23-14-8-7-13(11-15(14)24-6-2)19(17(21)22)16(20)18(9-10-18)12(3)4/h7-8,11-12H,5-6,9-10H2,1-4H3,(H,21,22).